The summed E-state index contributed by atoms with van der Waals surface area (Å²) in [6.45, 7) is 2.35. The molecular weight excluding hydrogens is 450 g/mol. The fourth-order valence-corrected chi connectivity index (χ4v) is 6.64. The van der Waals surface area contributed by atoms with Gasteiger partial charge in [-0.2, -0.15) is 0 Å². The molecule has 4 rings (SSSR count). The van der Waals surface area contributed by atoms with Gasteiger partial charge in [0.1, 0.15) is 10.6 Å². The molecule has 168 valence electrons. The lowest BCUT2D eigenvalue weighted by Crippen LogP contribution is -2.23. The van der Waals surface area contributed by atoms with Crippen LogP contribution >= 0.6 is 11.3 Å². The summed E-state index contributed by atoms with van der Waals surface area (Å²) in [7, 11) is -0.736. The minimum absolute atomic E-state index is 0.0965. The Bertz CT molecular complexity index is 1250. The van der Waals surface area contributed by atoms with Gasteiger partial charge in [-0.1, -0.05) is 6.07 Å². The first-order valence-corrected chi connectivity index (χ1v) is 12.4. The first-order valence-electron chi connectivity index (χ1n) is 10.00. The topological polar surface area (TPSA) is 90.9 Å². The van der Waals surface area contributed by atoms with Gasteiger partial charge in [0.25, 0.3) is 0 Å². The molecule has 9 heteroatoms. The maximum Gasteiger partial charge on any atom is 0.225 e. The lowest BCUT2D eigenvalue weighted by molar-refractivity contribution is -0.116. The SMILES string of the molecule is CCOc1cc([C@H]2CC(=O)Nc3c(S(=O)(=O)c4ccc(OC)cc4)csc32)ccc1OC. The highest BCUT2D eigenvalue weighted by Crippen LogP contribution is 2.47. The van der Waals surface area contributed by atoms with Crippen molar-refractivity contribution in [3.63, 3.8) is 0 Å². The minimum Gasteiger partial charge on any atom is -0.497 e. The van der Waals surface area contributed by atoms with Crippen LogP contribution in [-0.2, 0) is 14.6 Å². The van der Waals surface area contributed by atoms with E-state index in [1.54, 1.807) is 30.7 Å². The number of benzene rings is 2. The van der Waals surface area contributed by atoms with Crippen LogP contribution in [0, 0.1) is 0 Å². The number of hydrogen-bond donors (Lipinski definition) is 1. The Morgan fingerprint density at radius 2 is 1.81 bits per heavy atom. The molecule has 1 aromatic heterocycles. The molecule has 0 saturated carbocycles. The monoisotopic (exact) mass is 473 g/mol. The van der Waals surface area contributed by atoms with Crippen molar-refractivity contribution < 1.29 is 27.4 Å². The van der Waals surface area contributed by atoms with Crippen molar-refractivity contribution in [1.82, 2.24) is 0 Å². The van der Waals surface area contributed by atoms with E-state index in [1.165, 1.54) is 30.6 Å². The number of rotatable bonds is 7. The van der Waals surface area contributed by atoms with Gasteiger partial charge in [0.2, 0.25) is 15.7 Å². The predicted octanol–water partition coefficient (Wildman–Crippen LogP) is 4.47. The highest BCUT2D eigenvalue weighted by Gasteiger charge is 2.34. The summed E-state index contributed by atoms with van der Waals surface area (Å²) < 4.78 is 42.8. The van der Waals surface area contributed by atoms with Gasteiger partial charge in [-0.05, 0) is 48.9 Å². The fraction of sp³-hybridized carbons (Fsp3) is 0.261. The summed E-state index contributed by atoms with van der Waals surface area (Å²) in [5.74, 6) is 1.23. The van der Waals surface area contributed by atoms with Crippen molar-refractivity contribution in [2.75, 3.05) is 26.1 Å². The number of carbonyl (C=O) groups excluding carboxylic acids is 1. The van der Waals surface area contributed by atoms with Crippen molar-refractivity contribution in [2.45, 2.75) is 29.1 Å². The summed E-state index contributed by atoms with van der Waals surface area (Å²) in [6, 6.07) is 11.7. The van der Waals surface area contributed by atoms with Gasteiger partial charge in [0, 0.05) is 22.6 Å². The van der Waals surface area contributed by atoms with E-state index in [0.29, 0.717) is 29.5 Å². The highest BCUT2D eigenvalue weighted by molar-refractivity contribution is 7.91. The molecule has 1 amide bonds. The van der Waals surface area contributed by atoms with Crippen molar-refractivity contribution in [1.29, 1.82) is 0 Å². The van der Waals surface area contributed by atoms with Crippen LogP contribution in [0.25, 0.3) is 0 Å². The molecule has 2 aromatic carbocycles. The molecule has 0 bridgehead atoms. The fourth-order valence-electron chi connectivity index (χ4n) is 3.73. The van der Waals surface area contributed by atoms with E-state index in [-0.39, 0.29) is 28.0 Å². The van der Waals surface area contributed by atoms with Gasteiger partial charge in [-0.25, -0.2) is 8.42 Å². The molecule has 1 aliphatic rings. The number of hydrogen-bond acceptors (Lipinski definition) is 7. The molecule has 0 radical (unpaired) electrons. The average Bonchev–Trinajstić information content (AvgIpc) is 3.23. The number of methoxy groups -OCH3 is 2. The number of fused-ring (bicyclic) bond motifs is 1. The zero-order valence-electron chi connectivity index (χ0n) is 17.9. The van der Waals surface area contributed by atoms with Crippen molar-refractivity contribution in [3.05, 3.63) is 58.3 Å². The molecule has 7 nitrogen and oxygen atoms in total. The smallest absolute Gasteiger partial charge is 0.225 e. The van der Waals surface area contributed by atoms with Crippen molar-refractivity contribution in [3.8, 4) is 17.2 Å². The van der Waals surface area contributed by atoms with Gasteiger partial charge in [0.05, 0.1) is 31.4 Å². The molecule has 0 fully saturated rings. The molecule has 32 heavy (non-hydrogen) atoms. The summed E-state index contributed by atoms with van der Waals surface area (Å²) in [4.78, 5) is 13.6. The number of thiophene rings is 1. The third kappa shape index (κ3) is 3.93. The van der Waals surface area contributed by atoms with E-state index < -0.39 is 9.84 Å². The zero-order chi connectivity index (χ0) is 22.9. The van der Waals surface area contributed by atoms with Crippen LogP contribution < -0.4 is 19.5 Å². The molecule has 0 unspecified atom stereocenters. The molecule has 0 aliphatic carbocycles. The van der Waals surface area contributed by atoms with Crippen molar-refractivity contribution >= 4 is 32.8 Å². The van der Waals surface area contributed by atoms with E-state index in [2.05, 4.69) is 5.32 Å². The second-order valence-electron chi connectivity index (χ2n) is 7.17. The molecule has 0 spiro atoms. The summed E-state index contributed by atoms with van der Waals surface area (Å²) >= 11 is 1.32. The number of sulfone groups is 1. The van der Waals surface area contributed by atoms with Crippen LogP contribution in [0.4, 0.5) is 5.69 Å². The summed E-state index contributed by atoms with van der Waals surface area (Å²) in [6.07, 6.45) is 0.216. The summed E-state index contributed by atoms with van der Waals surface area (Å²) in [5, 5.41) is 4.37. The predicted molar refractivity (Wildman–Crippen MR) is 122 cm³/mol. The van der Waals surface area contributed by atoms with Gasteiger partial charge in [-0.3, -0.25) is 4.79 Å². The second-order valence-corrected chi connectivity index (χ2v) is 10.00. The maximum absolute atomic E-state index is 13.3. The summed E-state index contributed by atoms with van der Waals surface area (Å²) in [5.41, 5.74) is 1.21. The van der Waals surface area contributed by atoms with Crippen LogP contribution in [0.2, 0.25) is 0 Å². The Kier molecular flexibility index (Phi) is 6.12. The number of amides is 1. The zero-order valence-corrected chi connectivity index (χ0v) is 19.5. The molecule has 1 N–H and O–H groups in total. The number of ether oxygens (including phenoxy) is 3. The third-order valence-corrected chi connectivity index (χ3v) is 8.34. The average molecular weight is 474 g/mol. The second kappa shape index (κ2) is 8.84. The first kappa shape index (κ1) is 22.2. The number of carbonyl (C=O) groups is 1. The first-order chi connectivity index (χ1) is 15.4. The van der Waals surface area contributed by atoms with E-state index in [9.17, 15) is 13.2 Å². The number of nitrogens with one attached hydrogen (secondary N) is 1. The van der Waals surface area contributed by atoms with E-state index in [1.807, 2.05) is 19.1 Å². The Morgan fingerprint density at radius 3 is 2.47 bits per heavy atom. The Labute approximate surface area is 190 Å². The normalized spacial score (nSPS) is 15.6. The Hall–Kier alpha value is -3.04. The third-order valence-electron chi connectivity index (χ3n) is 5.31. The molecule has 0 saturated heterocycles. The lowest BCUT2D eigenvalue weighted by atomic mass is 9.90. The van der Waals surface area contributed by atoms with Crippen LogP contribution in [0.3, 0.4) is 0 Å². The van der Waals surface area contributed by atoms with Gasteiger partial charge in [-0.15, -0.1) is 11.3 Å². The maximum atomic E-state index is 13.3. The van der Waals surface area contributed by atoms with E-state index in [4.69, 9.17) is 14.2 Å². The van der Waals surface area contributed by atoms with Crippen LogP contribution in [-0.4, -0.2) is 35.2 Å². The molecule has 1 aliphatic heterocycles. The lowest BCUT2D eigenvalue weighted by Gasteiger charge is -2.24. The van der Waals surface area contributed by atoms with E-state index in [0.717, 1.165) is 10.4 Å². The van der Waals surface area contributed by atoms with Crippen LogP contribution in [0.1, 0.15) is 29.7 Å². The van der Waals surface area contributed by atoms with Crippen LogP contribution in [0.5, 0.6) is 17.2 Å². The number of anilines is 1. The molecule has 2 heterocycles. The van der Waals surface area contributed by atoms with E-state index >= 15 is 0 Å². The molecular formula is C23H23NO6S2. The van der Waals surface area contributed by atoms with Gasteiger partial charge in [0.15, 0.2) is 11.5 Å². The Morgan fingerprint density at radius 1 is 1.06 bits per heavy atom. The molecule has 3 aromatic rings. The highest BCUT2D eigenvalue weighted by atomic mass is 32.2. The standard InChI is InChI=1S/C23H23NO6S2/c1-4-30-19-11-14(5-10-18(19)29-3)17-12-21(25)24-22-20(13-31-23(17)22)32(26,27)16-8-6-15(28-2)7-9-16/h5-11,13,17H,4,12H2,1-3H3,(H,24,25)/t17-/m1/s1. The van der Waals surface area contributed by atoms with Gasteiger partial charge < -0.3 is 19.5 Å². The largest absolute Gasteiger partial charge is 0.497 e. The van der Waals surface area contributed by atoms with Crippen LogP contribution in [0.15, 0.2) is 57.6 Å². The quantitative estimate of drug-likeness (QED) is 0.544. The minimum atomic E-state index is -3.82. The van der Waals surface area contributed by atoms with Crippen molar-refractivity contribution in [2.24, 2.45) is 0 Å². The Balaban J connectivity index is 1.77. The molecule has 1 atom stereocenters. The van der Waals surface area contributed by atoms with Gasteiger partial charge >= 0.3 is 0 Å².